The van der Waals surface area contributed by atoms with Crippen molar-refractivity contribution in [2.45, 2.75) is 19.8 Å². The predicted molar refractivity (Wildman–Crippen MR) is 88.0 cm³/mol. The second-order valence-corrected chi connectivity index (χ2v) is 6.10. The maximum Gasteiger partial charge on any atom is 0.253 e. The molecule has 0 N–H and O–H groups in total. The molecule has 0 radical (unpaired) electrons. The molecule has 0 atom stereocenters. The molecule has 1 aromatic heterocycles. The molecule has 3 rings (SSSR count). The third-order valence-electron chi connectivity index (χ3n) is 4.62. The molecule has 1 aliphatic heterocycles. The van der Waals surface area contributed by atoms with E-state index in [4.69, 9.17) is 4.74 Å². The smallest absolute Gasteiger partial charge is 0.253 e. The van der Waals surface area contributed by atoms with E-state index in [-0.39, 0.29) is 5.91 Å². The molecule has 4 heteroatoms. The lowest BCUT2D eigenvalue weighted by molar-refractivity contribution is 0.0467. The van der Waals surface area contributed by atoms with Crippen molar-refractivity contribution in [1.82, 2.24) is 9.47 Å². The van der Waals surface area contributed by atoms with Gasteiger partial charge in [0.2, 0.25) is 0 Å². The Hall–Kier alpha value is -1.81. The number of aromatic nitrogens is 1. The van der Waals surface area contributed by atoms with E-state index in [1.807, 2.05) is 36.3 Å². The van der Waals surface area contributed by atoms with Crippen LogP contribution in [0.25, 0.3) is 10.9 Å². The standard InChI is InChI=1S/C18H24N2O2/c1-3-20(13-14-7-10-22-11-8-14)18(21)16-5-4-15-6-9-19(2)17(15)12-16/h4-6,9,12,14H,3,7-8,10-11,13H2,1-2H3. The molecule has 2 aromatic rings. The van der Waals surface area contributed by atoms with Crippen molar-refractivity contribution >= 4 is 16.8 Å². The van der Waals surface area contributed by atoms with Gasteiger partial charge in [-0.3, -0.25) is 4.79 Å². The molecule has 0 aliphatic carbocycles. The fourth-order valence-electron chi connectivity index (χ4n) is 3.17. The van der Waals surface area contributed by atoms with Gasteiger partial charge in [-0.2, -0.15) is 0 Å². The second-order valence-electron chi connectivity index (χ2n) is 6.10. The minimum absolute atomic E-state index is 0.136. The van der Waals surface area contributed by atoms with Crippen LogP contribution in [-0.4, -0.2) is 41.7 Å². The van der Waals surface area contributed by atoms with Gasteiger partial charge in [0.25, 0.3) is 5.91 Å². The van der Waals surface area contributed by atoms with E-state index in [1.165, 1.54) is 5.39 Å². The van der Waals surface area contributed by atoms with Crippen LogP contribution >= 0.6 is 0 Å². The average molecular weight is 300 g/mol. The van der Waals surface area contributed by atoms with E-state index in [1.54, 1.807) is 0 Å². The van der Waals surface area contributed by atoms with Gasteiger partial charge in [-0.05, 0) is 49.3 Å². The van der Waals surface area contributed by atoms with Crippen LogP contribution in [0.3, 0.4) is 0 Å². The van der Waals surface area contributed by atoms with E-state index in [0.717, 1.165) is 50.2 Å². The van der Waals surface area contributed by atoms with Crippen molar-refractivity contribution < 1.29 is 9.53 Å². The maximum atomic E-state index is 12.8. The average Bonchev–Trinajstić information content (AvgIpc) is 2.93. The van der Waals surface area contributed by atoms with Crippen molar-refractivity contribution in [1.29, 1.82) is 0 Å². The van der Waals surface area contributed by atoms with Gasteiger partial charge in [0, 0.05) is 50.6 Å². The van der Waals surface area contributed by atoms with Gasteiger partial charge in [-0.25, -0.2) is 0 Å². The lowest BCUT2D eigenvalue weighted by atomic mass is 9.99. The van der Waals surface area contributed by atoms with Crippen molar-refractivity contribution in [2.75, 3.05) is 26.3 Å². The molecule has 118 valence electrons. The Balaban J connectivity index is 1.77. The summed E-state index contributed by atoms with van der Waals surface area (Å²) >= 11 is 0. The van der Waals surface area contributed by atoms with Crippen LogP contribution in [0.1, 0.15) is 30.1 Å². The van der Waals surface area contributed by atoms with Crippen LogP contribution in [-0.2, 0) is 11.8 Å². The molecular formula is C18H24N2O2. The summed E-state index contributed by atoms with van der Waals surface area (Å²) in [7, 11) is 2.01. The summed E-state index contributed by atoms with van der Waals surface area (Å²) in [6, 6.07) is 8.05. The number of carbonyl (C=O) groups is 1. The molecule has 1 saturated heterocycles. The SMILES string of the molecule is CCN(CC1CCOCC1)C(=O)c1ccc2ccn(C)c2c1. The number of aryl methyl sites for hydroxylation is 1. The number of benzene rings is 1. The summed E-state index contributed by atoms with van der Waals surface area (Å²) in [4.78, 5) is 14.8. The van der Waals surface area contributed by atoms with E-state index in [2.05, 4.69) is 17.6 Å². The molecular weight excluding hydrogens is 276 g/mol. The first-order valence-electron chi connectivity index (χ1n) is 8.11. The van der Waals surface area contributed by atoms with Crippen LogP contribution in [0, 0.1) is 5.92 Å². The highest BCUT2D eigenvalue weighted by Crippen LogP contribution is 2.20. The van der Waals surface area contributed by atoms with Gasteiger partial charge in [-0.15, -0.1) is 0 Å². The highest BCUT2D eigenvalue weighted by Gasteiger charge is 2.21. The Morgan fingerprint density at radius 1 is 1.32 bits per heavy atom. The van der Waals surface area contributed by atoms with E-state index < -0.39 is 0 Å². The number of ether oxygens (including phenoxy) is 1. The normalized spacial score (nSPS) is 16.1. The van der Waals surface area contributed by atoms with Crippen LogP contribution in [0.2, 0.25) is 0 Å². The van der Waals surface area contributed by atoms with E-state index in [0.29, 0.717) is 5.92 Å². The summed E-state index contributed by atoms with van der Waals surface area (Å²) in [6.07, 6.45) is 4.14. The van der Waals surface area contributed by atoms with Crippen LogP contribution < -0.4 is 0 Å². The highest BCUT2D eigenvalue weighted by atomic mass is 16.5. The number of amides is 1. The lowest BCUT2D eigenvalue weighted by Gasteiger charge is -2.29. The molecule has 0 unspecified atom stereocenters. The largest absolute Gasteiger partial charge is 0.381 e. The maximum absolute atomic E-state index is 12.8. The fraction of sp³-hybridized carbons (Fsp3) is 0.500. The minimum atomic E-state index is 0.136. The first-order chi connectivity index (χ1) is 10.7. The second kappa shape index (κ2) is 6.53. The molecule has 22 heavy (non-hydrogen) atoms. The summed E-state index contributed by atoms with van der Waals surface area (Å²) in [5.41, 5.74) is 1.89. The molecule has 1 aromatic carbocycles. The molecule has 0 spiro atoms. The quantitative estimate of drug-likeness (QED) is 0.869. The topological polar surface area (TPSA) is 34.5 Å². The zero-order valence-electron chi connectivity index (χ0n) is 13.4. The van der Waals surface area contributed by atoms with Crippen molar-refractivity contribution in [3.63, 3.8) is 0 Å². The molecule has 0 saturated carbocycles. The van der Waals surface area contributed by atoms with Gasteiger partial charge < -0.3 is 14.2 Å². The third-order valence-corrected chi connectivity index (χ3v) is 4.62. The van der Waals surface area contributed by atoms with Gasteiger partial charge in [-0.1, -0.05) is 6.07 Å². The zero-order valence-corrected chi connectivity index (χ0v) is 13.4. The highest BCUT2D eigenvalue weighted by molar-refractivity contribution is 5.98. The number of hydrogen-bond donors (Lipinski definition) is 0. The van der Waals surface area contributed by atoms with Gasteiger partial charge in [0.15, 0.2) is 0 Å². The van der Waals surface area contributed by atoms with Gasteiger partial charge in [0.05, 0.1) is 0 Å². The lowest BCUT2D eigenvalue weighted by Crippen LogP contribution is -2.37. The monoisotopic (exact) mass is 300 g/mol. The molecule has 1 aliphatic rings. The number of hydrogen-bond acceptors (Lipinski definition) is 2. The zero-order chi connectivity index (χ0) is 15.5. The van der Waals surface area contributed by atoms with Gasteiger partial charge >= 0.3 is 0 Å². The Bertz CT molecular complexity index is 656. The fourth-order valence-corrected chi connectivity index (χ4v) is 3.17. The number of rotatable bonds is 4. The van der Waals surface area contributed by atoms with Crippen molar-refractivity contribution in [3.05, 3.63) is 36.0 Å². The minimum Gasteiger partial charge on any atom is -0.381 e. The van der Waals surface area contributed by atoms with Crippen molar-refractivity contribution in [3.8, 4) is 0 Å². The van der Waals surface area contributed by atoms with Gasteiger partial charge in [0.1, 0.15) is 0 Å². The molecule has 1 amide bonds. The van der Waals surface area contributed by atoms with Crippen LogP contribution in [0.15, 0.2) is 30.5 Å². The summed E-state index contributed by atoms with van der Waals surface area (Å²) in [6.45, 7) is 5.29. The van der Waals surface area contributed by atoms with E-state index in [9.17, 15) is 4.79 Å². The van der Waals surface area contributed by atoms with Crippen molar-refractivity contribution in [2.24, 2.45) is 13.0 Å². The molecule has 4 nitrogen and oxygen atoms in total. The number of carbonyl (C=O) groups excluding carboxylic acids is 1. The van der Waals surface area contributed by atoms with Crippen LogP contribution in [0.4, 0.5) is 0 Å². The van der Waals surface area contributed by atoms with E-state index >= 15 is 0 Å². The Morgan fingerprint density at radius 3 is 2.82 bits per heavy atom. The first kappa shape index (κ1) is 15.1. The summed E-state index contributed by atoms with van der Waals surface area (Å²) in [5.74, 6) is 0.702. The molecule has 2 heterocycles. The Labute approximate surface area is 131 Å². The summed E-state index contributed by atoms with van der Waals surface area (Å²) in [5, 5.41) is 1.17. The Kier molecular flexibility index (Phi) is 4.48. The first-order valence-corrected chi connectivity index (χ1v) is 8.11. The molecule has 1 fully saturated rings. The Morgan fingerprint density at radius 2 is 2.09 bits per heavy atom. The number of nitrogens with zero attached hydrogens (tertiary/aromatic N) is 2. The predicted octanol–water partition coefficient (Wildman–Crippen LogP) is 3.07. The number of fused-ring (bicyclic) bond motifs is 1. The summed E-state index contributed by atoms with van der Waals surface area (Å²) < 4.78 is 7.46. The van der Waals surface area contributed by atoms with Crippen LogP contribution in [0.5, 0.6) is 0 Å². The molecule has 0 bridgehead atoms. The third kappa shape index (κ3) is 3.02.